The molecule has 0 radical (unpaired) electrons. The Bertz CT molecular complexity index is 1880. The number of nitrogens with zero attached hydrogens (tertiary/aromatic N) is 9. The van der Waals surface area contributed by atoms with Crippen LogP contribution in [0.1, 0.15) is 41.5 Å². The quantitative estimate of drug-likeness (QED) is 0.0856. The molecule has 6 aromatic rings. The lowest BCUT2D eigenvalue weighted by Gasteiger charge is -1.88. The smallest absolute Gasteiger partial charge is 0.198 e. The summed E-state index contributed by atoms with van der Waals surface area (Å²) in [6.07, 6.45) is 0. The van der Waals surface area contributed by atoms with Gasteiger partial charge in [0, 0.05) is 0 Å². The van der Waals surface area contributed by atoms with Gasteiger partial charge in [-0.25, -0.2) is 0 Å². The first kappa shape index (κ1) is 48.1. The number of aromatic nitrogens is 9. The maximum absolute atomic E-state index is 11.2. The summed E-state index contributed by atoms with van der Waals surface area (Å²) in [5.74, 6) is 0.212. The van der Waals surface area contributed by atoms with Gasteiger partial charge >= 0.3 is 0 Å². The van der Waals surface area contributed by atoms with Crippen LogP contribution < -0.4 is 86.0 Å². The van der Waals surface area contributed by atoms with Crippen LogP contribution in [0.15, 0.2) is 72.8 Å². The van der Waals surface area contributed by atoms with Gasteiger partial charge in [0.15, 0.2) is 107 Å². The van der Waals surface area contributed by atoms with Gasteiger partial charge in [-0.1, -0.05) is 36.4 Å². The first-order valence-electron chi connectivity index (χ1n) is 16.3. The Morgan fingerprint density at radius 1 is 0.407 bits per heavy atom. The van der Waals surface area contributed by atoms with Crippen molar-refractivity contribution in [2.45, 2.75) is 80.8 Å². The van der Waals surface area contributed by atoms with Crippen LogP contribution in [0.3, 0.4) is 0 Å². The fraction of sp³-hybridized carbons (Fsp3) is 0.333. The fourth-order valence-corrected chi connectivity index (χ4v) is 5.35. The highest BCUT2D eigenvalue weighted by Gasteiger charge is 2.21. The molecule has 0 atom stereocenters. The maximum Gasteiger partial charge on any atom is 0.198 e. The molecule has 288 valence electrons. The molecule has 0 spiro atoms. The largest absolute Gasteiger partial charge is 1.00 e. The van der Waals surface area contributed by atoms with Gasteiger partial charge in [-0.3, -0.25) is 28.8 Å². The fourth-order valence-electron chi connectivity index (χ4n) is 5.35. The number of halogens is 3. The number of fused-ring (bicyclic) bond motifs is 3. The van der Waals surface area contributed by atoms with Gasteiger partial charge in [0.2, 0.25) is 0 Å². The molecule has 0 aliphatic carbocycles. The molecule has 0 aliphatic heterocycles. The minimum Gasteiger partial charge on any atom is -1.00 e. The predicted molar refractivity (Wildman–Crippen MR) is 184 cm³/mol. The molecule has 0 amide bonds. The summed E-state index contributed by atoms with van der Waals surface area (Å²) in [5.41, 5.74) is 5.19. The van der Waals surface area contributed by atoms with E-state index >= 15 is 0 Å². The number of benzene rings is 3. The summed E-state index contributed by atoms with van der Waals surface area (Å²) in [6, 6.07) is 22.7. The highest BCUT2D eigenvalue weighted by Crippen LogP contribution is 2.10. The second kappa shape index (κ2) is 22.4. The lowest BCUT2D eigenvalue weighted by molar-refractivity contribution is -0.720. The van der Waals surface area contributed by atoms with Gasteiger partial charge in [-0.15, -0.1) is 28.1 Å². The van der Waals surface area contributed by atoms with Crippen LogP contribution in [0, 0.1) is 0 Å². The minimum atomic E-state index is 0. The monoisotopic (exact) mass is 1080 g/mol. The van der Waals surface area contributed by atoms with Gasteiger partial charge < -0.3 is 71.9 Å². The number of carbonyl (C=O) groups excluding carboxylic acids is 6. The highest BCUT2D eigenvalue weighted by atomic mass is 127. The van der Waals surface area contributed by atoms with Crippen molar-refractivity contribution in [2.75, 3.05) is 0 Å². The number of rotatable bonds is 12. The third kappa shape index (κ3) is 13.4. The van der Waals surface area contributed by atoms with Gasteiger partial charge in [0.05, 0.1) is 15.6 Å². The molecule has 0 unspecified atom stereocenters. The molecule has 3 heterocycles. The molecular weight excluding hydrogens is 1040 g/mol. The van der Waals surface area contributed by atoms with E-state index in [0.29, 0.717) is 0 Å². The summed E-state index contributed by atoms with van der Waals surface area (Å²) >= 11 is 0. The van der Waals surface area contributed by atoms with Crippen LogP contribution in [0.5, 0.6) is 0 Å². The van der Waals surface area contributed by atoms with E-state index < -0.39 is 0 Å². The highest BCUT2D eigenvalue weighted by molar-refractivity contribution is 5.81. The second-order valence-electron chi connectivity index (χ2n) is 12.3. The van der Waals surface area contributed by atoms with Gasteiger partial charge in [0.25, 0.3) is 0 Å². The third-order valence-electron chi connectivity index (χ3n) is 7.20. The topological polar surface area (TPSA) is 168 Å². The molecule has 0 bridgehead atoms. The molecule has 0 saturated heterocycles. The van der Waals surface area contributed by atoms with Crippen LogP contribution in [0.25, 0.3) is 33.1 Å². The van der Waals surface area contributed by atoms with Crippen LogP contribution in [0.4, 0.5) is 0 Å². The summed E-state index contributed by atoms with van der Waals surface area (Å²) < 4.78 is 9.75. The molecule has 0 N–H and O–H groups in total. The first-order chi connectivity index (χ1) is 24.2. The zero-order chi connectivity index (χ0) is 37.2. The summed E-state index contributed by atoms with van der Waals surface area (Å²) in [5, 5.41) is 12.8. The SMILES string of the molecule is CC(=O)Cn1n[n+](CC(C)=O)c2ccccc21.CC(=O)Cn1n[n+](CC(C)=O)c2ccccc21.CC(=O)Cn1n[n+](CC(C)=O)c2ccccc21.[I-].[I-].[I-]. The van der Waals surface area contributed by atoms with Crippen LogP contribution in [-0.4, -0.2) is 64.4 Å². The minimum absolute atomic E-state index is 0. The summed E-state index contributed by atoms with van der Waals surface area (Å²) in [4.78, 5) is 66.9. The Morgan fingerprint density at radius 3 is 0.833 bits per heavy atom. The number of ketones is 6. The van der Waals surface area contributed by atoms with Crippen LogP contribution >= 0.6 is 0 Å². The van der Waals surface area contributed by atoms with E-state index in [9.17, 15) is 28.8 Å². The molecule has 0 aliphatic rings. The van der Waals surface area contributed by atoms with Crippen molar-refractivity contribution in [1.82, 2.24) is 29.7 Å². The molecule has 0 fully saturated rings. The van der Waals surface area contributed by atoms with E-state index in [2.05, 4.69) is 15.6 Å². The number of hydrogen-bond donors (Lipinski definition) is 0. The lowest BCUT2D eigenvalue weighted by atomic mass is 10.3. The number of carbonyl (C=O) groups is 6. The van der Waals surface area contributed by atoms with Crippen molar-refractivity contribution < 1.29 is 115 Å². The van der Waals surface area contributed by atoms with Gasteiger partial charge in [-0.05, 0) is 77.9 Å². The Balaban J connectivity index is 0.000000394. The maximum atomic E-state index is 11.2. The Kier molecular flexibility index (Phi) is 20.0. The van der Waals surface area contributed by atoms with Crippen LogP contribution in [0.2, 0.25) is 0 Å². The van der Waals surface area contributed by atoms with Crippen molar-refractivity contribution in [3.8, 4) is 0 Å². The molecule has 15 nitrogen and oxygen atoms in total. The molecule has 3 aromatic carbocycles. The average Bonchev–Trinajstić information content (AvgIpc) is 3.68. The standard InChI is InChI=1S/3C12H14N3O2.3HI/c3*1-9(16)7-14-11-5-3-4-6-12(11)15(13-14)8-10(2)17;;;/h3*3-6H,7-8H2,1-2H3;3*1H/q3*+1;;;/p-3. The van der Waals surface area contributed by atoms with E-state index in [1.165, 1.54) is 41.5 Å². The second-order valence-corrected chi connectivity index (χ2v) is 12.3. The van der Waals surface area contributed by atoms with Crippen molar-refractivity contribution in [3.05, 3.63) is 72.8 Å². The molecule has 54 heavy (non-hydrogen) atoms. The Morgan fingerprint density at radius 2 is 0.630 bits per heavy atom. The normalized spacial score (nSPS) is 10.1. The summed E-state index contributed by atoms with van der Waals surface area (Å²) in [7, 11) is 0. The van der Waals surface area contributed by atoms with E-state index in [1.807, 2.05) is 72.8 Å². The Labute approximate surface area is 363 Å². The van der Waals surface area contributed by atoms with E-state index in [-0.39, 0.29) is 146 Å². The van der Waals surface area contributed by atoms with E-state index in [4.69, 9.17) is 0 Å². The number of para-hydroxylation sites is 6. The van der Waals surface area contributed by atoms with Crippen molar-refractivity contribution in [1.29, 1.82) is 0 Å². The van der Waals surface area contributed by atoms with Crippen molar-refractivity contribution in [3.63, 3.8) is 0 Å². The van der Waals surface area contributed by atoms with E-state index in [0.717, 1.165) is 33.1 Å². The molecule has 18 heteroatoms. The average molecular weight is 1080 g/mol. The first-order valence-corrected chi connectivity index (χ1v) is 16.3. The number of hydrogen-bond acceptors (Lipinski definition) is 9. The summed E-state index contributed by atoms with van der Waals surface area (Å²) in [6.45, 7) is 10.5. The Hall–Kier alpha value is -3.93. The van der Waals surface area contributed by atoms with Crippen LogP contribution in [-0.2, 0) is 68.0 Å². The molecule has 0 saturated carbocycles. The van der Waals surface area contributed by atoms with Gasteiger partial charge in [-0.2, -0.15) is 0 Å². The van der Waals surface area contributed by atoms with Gasteiger partial charge in [0.1, 0.15) is 0 Å². The number of Topliss-reactive ketones (excluding diaryl/α,β-unsaturated/α-hetero) is 6. The van der Waals surface area contributed by atoms with E-state index in [1.54, 1.807) is 28.1 Å². The van der Waals surface area contributed by atoms with Crippen molar-refractivity contribution >= 4 is 67.8 Å². The third-order valence-corrected chi connectivity index (χ3v) is 7.20. The zero-order valence-electron chi connectivity index (χ0n) is 30.8. The molecule has 6 rings (SSSR count). The van der Waals surface area contributed by atoms with Crippen molar-refractivity contribution in [2.24, 2.45) is 0 Å². The zero-order valence-corrected chi connectivity index (χ0v) is 37.3. The molecule has 3 aromatic heterocycles. The molecular formula is C36H42I3N9O6. The predicted octanol–water partition coefficient (Wildman–Crippen LogP) is -7.48. The lowest BCUT2D eigenvalue weighted by Crippen LogP contribution is -3.00.